The average molecular weight is 240 g/mol. The van der Waals surface area contributed by atoms with Crippen molar-refractivity contribution in [3.63, 3.8) is 0 Å². The maximum absolute atomic E-state index is 9.00. The van der Waals surface area contributed by atoms with E-state index >= 15 is 0 Å². The van der Waals surface area contributed by atoms with Crippen LogP contribution in [0.3, 0.4) is 0 Å². The molecule has 0 aliphatic carbocycles. The lowest BCUT2D eigenvalue weighted by atomic mass is 10.2. The molecule has 1 aromatic carbocycles. The van der Waals surface area contributed by atoms with Gasteiger partial charge in [-0.25, -0.2) is 4.98 Å². The molecule has 0 aliphatic heterocycles. The number of rotatable bonds is 5. The fourth-order valence-corrected chi connectivity index (χ4v) is 1.86. The van der Waals surface area contributed by atoms with Gasteiger partial charge in [-0.3, -0.25) is 0 Å². The van der Waals surface area contributed by atoms with Crippen LogP contribution in [-0.2, 0) is 13.1 Å². The number of imidazole rings is 1. The first kappa shape index (κ1) is 12.2. The van der Waals surface area contributed by atoms with Crippen molar-refractivity contribution in [2.45, 2.75) is 26.4 Å². The minimum atomic E-state index is 0.631. The predicted octanol–water partition coefficient (Wildman–Crippen LogP) is 2.78. The lowest BCUT2D eigenvalue weighted by Gasteiger charge is -2.09. The number of anilines is 1. The van der Waals surface area contributed by atoms with Crippen LogP contribution in [0.2, 0.25) is 0 Å². The van der Waals surface area contributed by atoms with Gasteiger partial charge in [0.05, 0.1) is 17.8 Å². The number of hydrogen-bond acceptors (Lipinski definition) is 3. The number of benzene rings is 1. The molecule has 0 unspecified atom stereocenters. The first-order chi connectivity index (χ1) is 8.85. The second-order valence-electron chi connectivity index (χ2n) is 4.05. The summed E-state index contributed by atoms with van der Waals surface area (Å²) in [6.07, 6.45) is 4.87. The molecule has 4 nitrogen and oxygen atoms in total. The van der Waals surface area contributed by atoms with Crippen LogP contribution in [0.1, 0.15) is 24.7 Å². The Morgan fingerprint density at radius 3 is 3.00 bits per heavy atom. The molecule has 2 aromatic rings. The van der Waals surface area contributed by atoms with Crippen LogP contribution < -0.4 is 5.32 Å². The topological polar surface area (TPSA) is 53.6 Å². The van der Waals surface area contributed by atoms with E-state index < -0.39 is 0 Å². The zero-order valence-electron chi connectivity index (χ0n) is 10.4. The summed E-state index contributed by atoms with van der Waals surface area (Å²) in [5.74, 6) is 0.990. The number of nitriles is 1. The van der Waals surface area contributed by atoms with Gasteiger partial charge in [-0.2, -0.15) is 5.26 Å². The van der Waals surface area contributed by atoms with Gasteiger partial charge in [0.2, 0.25) is 0 Å². The summed E-state index contributed by atoms with van der Waals surface area (Å²) in [6, 6.07) is 9.67. The van der Waals surface area contributed by atoms with Gasteiger partial charge in [0.1, 0.15) is 11.9 Å². The first-order valence-corrected chi connectivity index (χ1v) is 6.08. The van der Waals surface area contributed by atoms with Crippen molar-refractivity contribution in [1.82, 2.24) is 9.55 Å². The third kappa shape index (κ3) is 2.69. The zero-order chi connectivity index (χ0) is 12.8. The average Bonchev–Trinajstić information content (AvgIpc) is 2.84. The standard InChI is InChI=1S/C14H16N4/c1-2-8-18-9-7-16-14(18)11-17-13-6-4-3-5-12(13)10-15/h3-7,9,17H,2,8,11H2,1H3. The molecule has 0 spiro atoms. The van der Waals surface area contributed by atoms with Crippen molar-refractivity contribution in [2.24, 2.45) is 0 Å². The van der Waals surface area contributed by atoms with Crippen molar-refractivity contribution < 1.29 is 0 Å². The molecule has 0 fully saturated rings. The molecule has 1 heterocycles. The highest BCUT2D eigenvalue weighted by atomic mass is 15.1. The summed E-state index contributed by atoms with van der Waals surface area (Å²) < 4.78 is 2.13. The van der Waals surface area contributed by atoms with Crippen LogP contribution in [0.5, 0.6) is 0 Å². The number of aryl methyl sites for hydroxylation is 1. The van der Waals surface area contributed by atoms with Crippen LogP contribution in [0, 0.1) is 11.3 Å². The number of para-hydroxylation sites is 1. The van der Waals surface area contributed by atoms with Crippen molar-refractivity contribution in [3.8, 4) is 6.07 Å². The van der Waals surface area contributed by atoms with Crippen LogP contribution in [0.4, 0.5) is 5.69 Å². The van der Waals surface area contributed by atoms with Crippen molar-refractivity contribution in [1.29, 1.82) is 5.26 Å². The Balaban J connectivity index is 2.07. The second-order valence-corrected chi connectivity index (χ2v) is 4.05. The Kier molecular flexibility index (Phi) is 3.98. The minimum absolute atomic E-state index is 0.631. The zero-order valence-corrected chi connectivity index (χ0v) is 10.4. The quantitative estimate of drug-likeness (QED) is 0.874. The molecule has 4 heteroatoms. The van der Waals surface area contributed by atoms with Gasteiger partial charge >= 0.3 is 0 Å². The third-order valence-corrected chi connectivity index (χ3v) is 2.75. The number of hydrogen-bond donors (Lipinski definition) is 1. The Labute approximate surface area is 107 Å². The first-order valence-electron chi connectivity index (χ1n) is 6.08. The lowest BCUT2D eigenvalue weighted by molar-refractivity contribution is 0.644. The molecule has 0 bridgehead atoms. The maximum atomic E-state index is 9.00. The Bertz CT molecular complexity index is 551. The number of nitrogens with one attached hydrogen (secondary N) is 1. The van der Waals surface area contributed by atoms with Gasteiger partial charge in [0.25, 0.3) is 0 Å². The Morgan fingerprint density at radius 2 is 2.22 bits per heavy atom. The molecule has 92 valence electrons. The summed E-state index contributed by atoms with van der Waals surface area (Å²) >= 11 is 0. The van der Waals surface area contributed by atoms with E-state index in [0.29, 0.717) is 12.1 Å². The van der Waals surface area contributed by atoms with Crippen molar-refractivity contribution >= 4 is 5.69 Å². The second kappa shape index (κ2) is 5.87. The van der Waals surface area contributed by atoms with E-state index in [1.165, 1.54) is 0 Å². The molecule has 0 saturated carbocycles. The molecule has 1 aromatic heterocycles. The van der Waals surface area contributed by atoms with Gasteiger partial charge in [0.15, 0.2) is 0 Å². The Hall–Kier alpha value is -2.28. The van der Waals surface area contributed by atoms with Gasteiger partial charge < -0.3 is 9.88 Å². The van der Waals surface area contributed by atoms with Crippen LogP contribution in [-0.4, -0.2) is 9.55 Å². The summed E-state index contributed by atoms with van der Waals surface area (Å²) in [5, 5.41) is 12.3. The van der Waals surface area contributed by atoms with Gasteiger partial charge in [-0.15, -0.1) is 0 Å². The molecule has 0 atom stereocenters. The third-order valence-electron chi connectivity index (χ3n) is 2.75. The summed E-state index contributed by atoms with van der Waals surface area (Å²) in [6.45, 7) is 3.74. The fraction of sp³-hybridized carbons (Fsp3) is 0.286. The van der Waals surface area contributed by atoms with Crippen molar-refractivity contribution in [2.75, 3.05) is 5.32 Å². The molecular formula is C14H16N4. The van der Waals surface area contributed by atoms with E-state index in [-0.39, 0.29) is 0 Å². The van der Waals surface area contributed by atoms with E-state index in [2.05, 4.69) is 27.9 Å². The molecule has 18 heavy (non-hydrogen) atoms. The smallest absolute Gasteiger partial charge is 0.128 e. The molecular weight excluding hydrogens is 224 g/mol. The normalized spacial score (nSPS) is 10.0. The van der Waals surface area contributed by atoms with E-state index in [1.54, 1.807) is 6.07 Å². The molecule has 1 N–H and O–H groups in total. The number of nitrogens with zero attached hydrogens (tertiary/aromatic N) is 3. The summed E-state index contributed by atoms with van der Waals surface area (Å²) in [5.41, 5.74) is 1.51. The van der Waals surface area contributed by atoms with Crippen LogP contribution >= 0.6 is 0 Å². The lowest BCUT2D eigenvalue weighted by Crippen LogP contribution is -2.09. The summed E-state index contributed by atoms with van der Waals surface area (Å²) in [4.78, 5) is 4.32. The fourth-order valence-electron chi connectivity index (χ4n) is 1.86. The van der Waals surface area contributed by atoms with E-state index in [4.69, 9.17) is 5.26 Å². The minimum Gasteiger partial charge on any atom is -0.377 e. The highest BCUT2D eigenvalue weighted by molar-refractivity contribution is 5.57. The monoisotopic (exact) mass is 240 g/mol. The van der Waals surface area contributed by atoms with E-state index in [1.807, 2.05) is 30.6 Å². The van der Waals surface area contributed by atoms with Crippen LogP contribution in [0.25, 0.3) is 0 Å². The molecule has 2 rings (SSSR count). The highest BCUT2D eigenvalue weighted by Gasteiger charge is 2.04. The van der Waals surface area contributed by atoms with Gasteiger partial charge in [-0.1, -0.05) is 19.1 Å². The highest BCUT2D eigenvalue weighted by Crippen LogP contribution is 2.14. The van der Waals surface area contributed by atoms with Gasteiger partial charge in [0, 0.05) is 18.9 Å². The van der Waals surface area contributed by atoms with E-state index in [9.17, 15) is 0 Å². The molecule has 0 radical (unpaired) electrons. The largest absolute Gasteiger partial charge is 0.377 e. The predicted molar refractivity (Wildman–Crippen MR) is 71.0 cm³/mol. The maximum Gasteiger partial charge on any atom is 0.128 e. The SMILES string of the molecule is CCCn1ccnc1CNc1ccccc1C#N. The summed E-state index contributed by atoms with van der Waals surface area (Å²) in [7, 11) is 0. The van der Waals surface area contributed by atoms with Crippen LogP contribution in [0.15, 0.2) is 36.7 Å². The number of aromatic nitrogens is 2. The Morgan fingerprint density at radius 1 is 1.39 bits per heavy atom. The van der Waals surface area contributed by atoms with Gasteiger partial charge in [-0.05, 0) is 18.6 Å². The molecule has 0 aliphatic rings. The molecule has 0 saturated heterocycles. The molecule has 0 amide bonds. The van der Waals surface area contributed by atoms with E-state index in [0.717, 1.165) is 24.5 Å². The van der Waals surface area contributed by atoms with Crippen molar-refractivity contribution in [3.05, 3.63) is 48.0 Å².